The summed E-state index contributed by atoms with van der Waals surface area (Å²) < 4.78 is 1.73. The fourth-order valence-corrected chi connectivity index (χ4v) is 5.14. The van der Waals surface area contributed by atoms with Crippen molar-refractivity contribution in [1.82, 2.24) is 10.6 Å². The quantitative estimate of drug-likeness (QED) is 0.567. The fraction of sp³-hybridized carbons (Fsp3) is 0.750. The standard InChI is InChI=1S/C8H17N2PS2/c1-8(2,3)11(6(12)9-4)7(13)10-5/h1-5H3,(H,9,12)(H,10,13). The van der Waals surface area contributed by atoms with Gasteiger partial charge in [0.2, 0.25) is 0 Å². The van der Waals surface area contributed by atoms with Crippen molar-refractivity contribution in [2.75, 3.05) is 14.1 Å². The molecule has 0 bridgehead atoms. The van der Waals surface area contributed by atoms with Crippen LogP contribution >= 0.6 is 32.4 Å². The number of rotatable bonds is 2. The van der Waals surface area contributed by atoms with Crippen LogP contribution in [0.4, 0.5) is 0 Å². The fourth-order valence-electron chi connectivity index (χ4n) is 0.925. The third-order valence-electron chi connectivity index (χ3n) is 1.50. The largest absolute Gasteiger partial charge is 0.379 e. The molecule has 0 aromatic heterocycles. The van der Waals surface area contributed by atoms with Crippen LogP contribution in [0.25, 0.3) is 0 Å². The molecule has 13 heavy (non-hydrogen) atoms. The SMILES string of the molecule is CNC(=S)P(C(=S)NC)C(C)(C)C. The van der Waals surface area contributed by atoms with Gasteiger partial charge in [-0.05, 0) is 5.16 Å². The minimum absolute atomic E-state index is 0.121. The van der Waals surface area contributed by atoms with E-state index in [0.29, 0.717) is 0 Å². The summed E-state index contributed by atoms with van der Waals surface area (Å²) in [5.74, 6) is 0. The van der Waals surface area contributed by atoms with Gasteiger partial charge in [0.15, 0.2) is 0 Å². The lowest BCUT2D eigenvalue weighted by Crippen LogP contribution is -2.31. The first-order valence-corrected chi connectivity index (χ1v) is 6.24. The van der Waals surface area contributed by atoms with E-state index in [0.717, 1.165) is 9.46 Å². The maximum atomic E-state index is 5.26. The molecule has 0 aromatic rings. The van der Waals surface area contributed by atoms with Gasteiger partial charge in [-0.15, -0.1) is 0 Å². The van der Waals surface area contributed by atoms with Crippen LogP contribution in [-0.2, 0) is 0 Å². The molecule has 0 radical (unpaired) electrons. The van der Waals surface area contributed by atoms with E-state index in [4.69, 9.17) is 24.4 Å². The van der Waals surface area contributed by atoms with Gasteiger partial charge in [-0.3, -0.25) is 0 Å². The summed E-state index contributed by atoms with van der Waals surface area (Å²) >= 11 is 10.5. The van der Waals surface area contributed by atoms with E-state index in [1.807, 2.05) is 14.1 Å². The minimum atomic E-state index is -0.584. The Morgan fingerprint density at radius 2 is 1.31 bits per heavy atom. The summed E-state index contributed by atoms with van der Waals surface area (Å²) in [6.07, 6.45) is 0. The highest BCUT2D eigenvalue weighted by Crippen LogP contribution is 2.50. The Labute approximate surface area is 92.6 Å². The van der Waals surface area contributed by atoms with E-state index in [9.17, 15) is 0 Å². The zero-order valence-corrected chi connectivity index (χ0v) is 11.3. The van der Waals surface area contributed by atoms with Crippen LogP contribution in [0.15, 0.2) is 0 Å². The molecular weight excluding hydrogens is 219 g/mol. The minimum Gasteiger partial charge on any atom is -0.379 e. The zero-order chi connectivity index (χ0) is 10.6. The second-order valence-electron chi connectivity index (χ2n) is 3.62. The van der Waals surface area contributed by atoms with Gasteiger partial charge in [-0.25, -0.2) is 0 Å². The maximum Gasteiger partial charge on any atom is 0.105 e. The third-order valence-corrected chi connectivity index (χ3v) is 5.61. The highest BCUT2D eigenvalue weighted by molar-refractivity contribution is 8.13. The average Bonchev–Trinajstić information content (AvgIpc) is 2.01. The topological polar surface area (TPSA) is 24.1 Å². The van der Waals surface area contributed by atoms with E-state index >= 15 is 0 Å². The van der Waals surface area contributed by atoms with Crippen molar-refractivity contribution in [2.45, 2.75) is 25.9 Å². The van der Waals surface area contributed by atoms with Crippen molar-refractivity contribution in [3.8, 4) is 0 Å². The smallest absolute Gasteiger partial charge is 0.105 e. The summed E-state index contributed by atoms with van der Waals surface area (Å²) in [6, 6.07) is 0. The molecule has 0 spiro atoms. The molecule has 2 nitrogen and oxygen atoms in total. The molecule has 0 unspecified atom stereocenters. The average molecular weight is 236 g/mol. The van der Waals surface area contributed by atoms with Crippen molar-refractivity contribution in [3.05, 3.63) is 0 Å². The van der Waals surface area contributed by atoms with Gasteiger partial charge in [0.1, 0.15) is 9.46 Å². The van der Waals surface area contributed by atoms with Crippen molar-refractivity contribution in [1.29, 1.82) is 0 Å². The molecule has 0 aromatic carbocycles. The van der Waals surface area contributed by atoms with Gasteiger partial charge in [-0.2, -0.15) is 0 Å². The summed E-state index contributed by atoms with van der Waals surface area (Å²) in [5.41, 5.74) is 0. The number of thiocarbonyl (C=S) groups is 2. The Morgan fingerprint density at radius 3 is 1.46 bits per heavy atom. The lowest BCUT2D eigenvalue weighted by atomic mass is 10.3. The summed E-state index contributed by atoms with van der Waals surface area (Å²) in [5, 5.41) is 6.16. The van der Waals surface area contributed by atoms with E-state index in [-0.39, 0.29) is 5.16 Å². The van der Waals surface area contributed by atoms with Gasteiger partial charge >= 0.3 is 0 Å². The summed E-state index contributed by atoms with van der Waals surface area (Å²) in [4.78, 5) is 0. The molecule has 0 saturated heterocycles. The molecule has 0 aliphatic rings. The molecule has 5 heteroatoms. The van der Waals surface area contributed by atoms with Gasteiger partial charge in [-0.1, -0.05) is 45.2 Å². The summed E-state index contributed by atoms with van der Waals surface area (Å²) in [6.45, 7) is 6.48. The highest BCUT2D eigenvalue weighted by Gasteiger charge is 2.30. The van der Waals surface area contributed by atoms with Gasteiger partial charge in [0.05, 0.1) is 0 Å². The molecule has 0 aliphatic heterocycles. The van der Waals surface area contributed by atoms with E-state index in [2.05, 4.69) is 31.4 Å². The van der Waals surface area contributed by atoms with Crippen LogP contribution in [0.3, 0.4) is 0 Å². The first-order valence-electron chi connectivity index (χ1n) is 4.08. The van der Waals surface area contributed by atoms with Gasteiger partial charge < -0.3 is 10.6 Å². The monoisotopic (exact) mass is 236 g/mol. The lowest BCUT2D eigenvalue weighted by molar-refractivity contribution is 0.794. The highest BCUT2D eigenvalue weighted by atomic mass is 32.1. The van der Waals surface area contributed by atoms with Crippen molar-refractivity contribution < 1.29 is 0 Å². The Morgan fingerprint density at radius 1 is 1.00 bits per heavy atom. The second kappa shape index (κ2) is 5.18. The van der Waals surface area contributed by atoms with E-state index in [1.54, 1.807) is 0 Å². The number of hydrogen-bond donors (Lipinski definition) is 2. The van der Waals surface area contributed by atoms with Crippen molar-refractivity contribution in [2.24, 2.45) is 0 Å². The molecule has 0 atom stereocenters. The van der Waals surface area contributed by atoms with Crippen LogP contribution in [0.2, 0.25) is 0 Å². The molecule has 0 heterocycles. The van der Waals surface area contributed by atoms with Crippen molar-refractivity contribution >= 4 is 41.8 Å². The molecule has 2 N–H and O–H groups in total. The Bertz CT molecular complexity index is 195. The molecule has 76 valence electrons. The Balaban J connectivity index is 4.76. The van der Waals surface area contributed by atoms with Gasteiger partial charge in [0.25, 0.3) is 0 Å². The first kappa shape index (κ1) is 13.2. The molecule has 0 aliphatic carbocycles. The number of hydrogen-bond acceptors (Lipinski definition) is 2. The van der Waals surface area contributed by atoms with Crippen LogP contribution in [-0.4, -0.2) is 28.7 Å². The van der Waals surface area contributed by atoms with Crippen LogP contribution in [0.1, 0.15) is 20.8 Å². The predicted molar refractivity (Wildman–Crippen MR) is 70.0 cm³/mol. The van der Waals surface area contributed by atoms with Crippen LogP contribution < -0.4 is 10.6 Å². The molecule has 0 rings (SSSR count). The van der Waals surface area contributed by atoms with E-state index in [1.165, 1.54) is 0 Å². The number of nitrogens with one attached hydrogen (secondary N) is 2. The summed E-state index contributed by atoms with van der Waals surface area (Å²) in [7, 11) is 3.11. The lowest BCUT2D eigenvalue weighted by Gasteiger charge is -2.31. The molecule has 0 fully saturated rings. The predicted octanol–water partition coefficient (Wildman–Crippen LogP) is 2.28. The first-order chi connectivity index (χ1) is 5.84. The van der Waals surface area contributed by atoms with E-state index < -0.39 is 7.92 Å². The normalized spacial score (nSPS) is 11.2. The third kappa shape index (κ3) is 3.84. The van der Waals surface area contributed by atoms with Gasteiger partial charge in [0, 0.05) is 22.0 Å². The van der Waals surface area contributed by atoms with Crippen molar-refractivity contribution in [3.63, 3.8) is 0 Å². The Hall–Kier alpha value is 0.210. The molecule has 0 saturated carbocycles. The Kier molecular flexibility index (Phi) is 5.26. The van der Waals surface area contributed by atoms with Crippen LogP contribution in [0.5, 0.6) is 0 Å². The molecular formula is C8H17N2PS2. The maximum absolute atomic E-state index is 5.26. The second-order valence-corrected chi connectivity index (χ2v) is 7.95. The zero-order valence-electron chi connectivity index (χ0n) is 8.76. The van der Waals surface area contributed by atoms with Crippen LogP contribution in [0, 0.1) is 0 Å². The molecule has 0 amide bonds.